The van der Waals surface area contributed by atoms with Crippen molar-refractivity contribution in [2.75, 3.05) is 0 Å². The van der Waals surface area contributed by atoms with Crippen molar-refractivity contribution in [1.82, 2.24) is 0 Å². The van der Waals surface area contributed by atoms with Crippen LogP contribution in [0.1, 0.15) is 46.5 Å². The molecule has 0 saturated heterocycles. The third kappa shape index (κ3) is 3.59. The van der Waals surface area contributed by atoms with Crippen LogP contribution in [0, 0.1) is 0 Å². The molecule has 3 heteroatoms. The monoisotopic (exact) mass is 185 g/mol. The third-order valence-electron chi connectivity index (χ3n) is 2.13. The molecule has 0 fully saturated rings. The van der Waals surface area contributed by atoms with Crippen molar-refractivity contribution in [3.63, 3.8) is 0 Å². The molecule has 0 atom stereocenters. The zero-order valence-corrected chi connectivity index (χ0v) is 8.72. The van der Waals surface area contributed by atoms with Crippen LogP contribution >= 0.6 is 0 Å². The molecule has 0 unspecified atom stereocenters. The predicted molar refractivity (Wildman–Crippen MR) is 52.8 cm³/mol. The van der Waals surface area contributed by atoms with Gasteiger partial charge in [-0.1, -0.05) is 32.8 Å². The van der Waals surface area contributed by atoms with Crippen LogP contribution < -0.4 is 5.90 Å². The van der Waals surface area contributed by atoms with Gasteiger partial charge in [-0.15, -0.1) is 0 Å². The first-order valence-electron chi connectivity index (χ1n) is 4.83. The minimum atomic E-state index is -0.374. The normalized spacial score (nSPS) is 9.54. The number of hydrogen-bond acceptors (Lipinski definition) is 3. The maximum atomic E-state index is 11.3. The minimum Gasteiger partial charge on any atom is -0.370 e. The summed E-state index contributed by atoms with van der Waals surface area (Å²) in [5.41, 5.74) is 1.91. The average Bonchev–Trinajstić information content (AvgIpc) is 2.17. The Labute approximate surface area is 79.9 Å². The van der Waals surface area contributed by atoms with Crippen molar-refractivity contribution < 1.29 is 9.63 Å². The van der Waals surface area contributed by atoms with Gasteiger partial charge in [0.25, 0.3) is 0 Å². The fourth-order valence-electron chi connectivity index (χ4n) is 1.42. The zero-order chi connectivity index (χ0) is 10.3. The first-order chi connectivity index (χ1) is 6.21. The molecule has 0 saturated carbocycles. The SMILES string of the molecule is CCCC(C(=O)ON)=C(CC)CC. The van der Waals surface area contributed by atoms with Crippen LogP contribution in [-0.4, -0.2) is 5.97 Å². The molecular weight excluding hydrogens is 166 g/mol. The maximum absolute atomic E-state index is 11.3. The summed E-state index contributed by atoms with van der Waals surface area (Å²) in [6, 6.07) is 0. The third-order valence-corrected chi connectivity index (χ3v) is 2.13. The van der Waals surface area contributed by atoms with E-state index < -0.39 is 0 Å². The van der Waals surface area contributed by atoms with E-state index in [1.165, 1.54) is 0 Å². The second-order valence-electron chi connectivity index (χ2n) is 2.94. The van der Waals surface area contributed by atoms with Crippen LogP contribution in [0.4, 0.5) is 0 Å². The molecule has 0 aromatic rings. The van der Waals surface area contributed by atoms with Crippen LogP contribution in [0.5, 0.6) is 0 Å². The van der Waals surface area contributed by atoms with E-state index in [0.717, 1.165) is 36.8 Å². The van der Waals surface area contributed by atoms with Crippen molar-refractivity contribution in [1.29, 1.82) is 0 Å². The van der Waals surface area contributed by atoms with Gasteiger partial charge in [0.15, 0.2) is 0 Å². The average molecular weight is 185 g/mol. The molecule has 0 aromatic carbocycles. The van der Waals surface area contributed by atoms with Gasteiger partial charge in [-0.25, -0.2) is 4.79 Å². The smallest absolute Gasteiger partial charge is 0.352 e. The fraction of sp³-hybridized carbons (Fsp3) is 0.700. The largest absolute Gasteiger partial charge is 0.370 e. The van der Waals surface area contributed by atoms with E-state index in [9.17, 15) is 4.79 Å². The lowest BCUT2D eigenvalue weighted by molar-refractivity contribution is -0.139. The van der Waals surface area contributed by atoms with Crippen molar-refractivity contribution in [2.24, 2.45) is 5.90 Å². The maximum Gasteiger partial charge on any atom is 0.352 e. The Kier molecular flexibility index (Phi) is 6.24. The van der Waals surface area contributed by atoms with Crippen LogP contribution in [0.2, 0.25) is 0 Å². The lowest BCUT2D eigenvalue weighted by Gasteiger charge is -2.09. The van der Waals surface area contributed by atoms with E-state index in [1.807, 2.05) is 20.8 Å². The van der Waals surface area contributed by atoms with Crippen molar-refractivity contribution in [3.05, 3.63) is 11.1 Å². The summed E-state index contributed by atoms with van der Waals surface area (Å²) < 4.78 is 0. The van der Waals surface area contributed by atoms with Gasteiger partial charge in [0.05, 0.1) is 0 Å². The summed E-state index contributed by atoms with van der Waals surface area (Å²) in [4.78, 5) is 15.5. The van der Waals surface area contributed by atoms with Crippen molar-refractivity contribution in [2.45, 2.75) is 46.5 Å². The van der Waals surface area contributed by atoms with Crippen molar-refractivity contribution in [3.8, 4) is 0 Å². The first-order valence-corrected chi connectivity index (χ1v) is 4.83. The Balaban J connectivity index is 4.72. The van der Waals surface area contributed by atoms with E-state index in [4.69, 9.17) is 5.90 Å². The van der Waals surface area contributed by atoms with Crippen LogP contribution in [-0.2, 0) is 9.63 Å². The van der Waals surface area contributed by atoms with Gasteiger partial charge in [-0.05, 0) is 19.3 Å². The topological polar surface area (TPSA) is 52.3 Å². The Hall–Kier alpha value is -0.830. The lowest BCUT2D eigenvalue weighted by Crippen LogP contribution is -2.14. The molecule has 13 heavy (non-hydrogen) atoms. The summed E-state index contributed by atoms with van der Waals surface area (Å²) in [6.07, 6.45) is 3.48. The summed E-state index contributed by atoms with van der Waals surface area (Å²) in [6.45, 7) is 6.11. The highest BCUT2D eigenvalue weighted by Gasteiger charge is 2.13. The Morgan fingerprint density at radius 2 is 1.77 bits per heavy atom. The van der Waals surface area contributed by atoms with Gasteiger partial charge >= 0.3 is 5.97 Å². The summed E-state index contributed by atoms with van der Waals surface area (Å²) in [7, 11) is 0. The number of allylic oxidation sites excluding steroid dienone is 1. The first kappa shape index (κ1) is 12.2. The molecule has 76 valence electrons. The summed E-state index contributed by atoms with van der Waals surface area (Å²) in [5, 5.41) is 0. The van der Waals surface area contributed by atoms with Crippen LogP contribution in [0.25, 0.3) is 0 Å². The Bertz CT molecular complexity index is 191. The fourth-order valence-corrected chi connectivity index (χ4v) is 1.42. The molecule has 0 aliphatic carbocycles. The minimum absolute atomic E-state index is 0.374. The molecule has 2 N–H and O–H groups in total. The number of nitrogens with two attached hydrogens (primary N) is 1. The van der Waals surface area contributed by atoms with Gasteiger partial charge in [0.1, 0.15) is 0 Å². The predicted octanol–water partition coefficient (Wildman–Crippen LogP) is 2.32. The van der Waals surface area contributed by atoms with Gasteiger partial charge < -0.3 is 4.84 Å². The second-order valence-corrected chi connectivity index (χ2v) is 2.94. The molecule has 0 spiro atoms. The van der Waals surface area contributed by atoms with Gasteiger partial charge in [-0.2, -0.15) is 5.90 Å². The molecule has 0 amide bonds. The van der Waals surface area contributed by atoms with E-state index in [2.05, 4.69) is 4.84 Å². The van der Waals surface area contributed by atoms with Gasteiger partial charge in [0.2, 0.25) is 0 Å². The molecule has 3 nitrogen and oxygen atoms in total. The quantitative estimate of drug-likeness (QED) is 0.528. The summed E-state index contributed by atoms with van der Waals surface area (Å²) in [5.74, 6) is 4.49. The van der Waals surface area contributed by atoms with E-state index in [0.29, 0.717) is 0 Å². The summed E-state index contributed by atoms with van der Waals surface area (Å²) >= 11 is 0. The molecule has 0 aliphatic rings. The zero-order valence-electron chi connectivity index (χ0n) is 8.72. The highest BCUT2D eigenvalue weighted by atomic mass is 16.7. The highest BCUT2D eigenvalue weighted by Crippen LogP contribution is 2.18. The Morgan fingerprint density at radius 3 is 2.08 bits per heavy atom. The van der Waals surface area contributed by atoms with Crippen molar-refractivity contribution >= 4 is 5.97 Å². The number of hydrogen-bond donors (Lipinski definition) is 1. The molecule has 0 bridgehead atoms. The number of rotatable bonds is 5. The highest BCUT2D eigenvalue weighted by molar-refractivity contribution is 5.89. The standard InChI is InChI=1S/C10H19NO2/c1-4-7-9(10(12)13-11)8(5-2)6-3/h4-7,11H2,1-3H3. The van der Waals surface area contributed by atoms with Gasteiger partial charge in [0, 0.05) is 5.57 Å². The van der Waals surface area contributed by atoms with E-state index >= 15 is 0 Å². The second kappa shape index (κ2) is 6.66. The van der Waals surface area contributed by atoms with Crippen LogP contribution in [0.15, 0.2) is 11.1 Å². The molecular formula is C10H19NO2. The molecule has 0 aromatic heterocycles. The van der Waals surface area contributed by atoms with E-state index in [1.54, 1.807) is 0 Å². The molecule has 0 rings (SSSR count). The molecule has 0 heterocycles. The Morgan fingerprint density at radius 1 is 1.23 bits per heavy atom. The number of carbonyl (C=O) groups is 1. The van der Waals surface area contributed by atoms with Gasteiger partial charge in [-0.3, -0.25) is 0 Å². The lowest BCUT2D eigenvalue weighted by atomic mass is 10.00. The number of carbonyl (C=O) groups excluding carboxylic acids is 1. The van der Waals surface area contributed by atoms with E-state index in [-0.39, 0.29) is 5.97 Å². The van der Waals surface area contributed by atoms with Crippen LogP contribution in [0.3, 0.4) is 0 Å². The molecule has 0 aliphatic heterocycles. The molecule has 0 radical (unpaired) electrons.